The second kappa shape index (κ2) is 16.5. The molecule has 2 N–H and O–H groups in total. The van der Waals surface area contributed by atoms with Crippen molar-refractivity contribution >= 4 is 45.2 Å². The van der Waals surface area contributed by atoms with Crippen LogP contribution in [0.3, 0.4) is 0 Å². The molecule has 1 saturated heterocycles. The number of carbonyl (C=O) groups excluding carboxylic acids is 3. The van der Waals surface area contributed by atoms with Crippen LogP contribution < -0.4 is 25.0 Å². The zero-order valence-corrected chi connectivity index (χ0v) is 35.7. The number of fused-ring (bicyclic) bond motifs is 8. The predicted octanol–water partition coefficient (Wildman–Crippen LogP) is 7.98. The Balaban J connectivity index is 1.44. The maximum Gasteiger partial charge on any atom is 0.312 e. The molecule has 2 aromatic rings. The summed E-state index contributed by atoms with van der Waals surface area (Å²) in [5.74, 6) is -3.65. The molecule has 1 amide bonds. The van der Waals surface area contributed by atoms with E-state index < -0.39 is 41.1 Å². The number of hydrogen-bond donors (Lipinski definition) is 2. The molecule has 14 nitrogen and oxygen atoms in total. The number of rotatable bonds is 5. The van der Waals surface area contributed by atoms with Crippen molar-refractivity contribution in [2.24, 2.45) is 17.8 Å². The summed E-state index contributed by atoms with van der Waals surface area (Å²) < 4.78 is 38.2. The van der Waals surface area contributed by atoms with Crippen LogP contribution in [0.5, 0.6) is 23.0 Å². The van der Waals surface area contributed by atoms with Crippen molar-refractivity contribution in [1.82, 2.24) is 9.88 Å². The highest BCUT2D eigenvalue weighted by atomic mass is 16.7. The number of phenols is 1. The average Bonchev–Trinajstić information content (AvgIpc) is 3.82. The van der Waals surface area contributed by atoms with Gasteiger partial charge in [-0.3, -0.25) is 24.1 Å². The van der Waals surface area contributed by atoms with Crippen LogP contribution in [0.4, 0.5) is 5.69 Å². The predicted molar refractivity (Wildman–Crippen MR) is 228 cm³/mol. The van der Waals surface area contributed by atoms with Gasteiger partial charge >= 0.3 is 11.8 Å². The quantitative estimate of drug-likeness (QED) is 0.113. The van der Waals surface area contributed by atoms with E-state index in [1.807, 2.05) is 19.1 Å². The Kier molecular flexibility index (Phi) is 11.3. The molecule has 0 aromatic heterocycles. The molecule has 6 atom stereocenters. The molecule has 0 spiro atoms. The van der Waals surface area contributed by atoms with Gasteiger partial charge in [0.1, 0.15) is 58.7 Å². The van der Waals surface area contributed by atoms with E-state index in [4.69, 9.17) is 33.1 Å². The zero-order valence-electron chi connectivity index (χ0n) is 35.7. The second-order valence-corrected chi connectivity index (χ2v) is 17.2. The van der Waals surface area contributed by atoms with Crippen molar-refractivity contribution in [2.45, 2.75) is 98.6 Å². The highest BCUT2D eigenvalue weighted by molar-refractivity contribution is 6.22. The normalized spacial score (nSPS) is 27.8. The summed E-state index contributed by atoms with van der Waals surface area (Å²) >= 11 is 0. The summed E-state index contributed by atoms with van der Waals surface area (Å²) in [6, 6.07) is 3.01. The minimum Gasteiger partial charge on any atom is -0.505 e. The molecular formula is C47H53N3O11. The molecule has 6 aliphatic rings. The van der Waals surface area contributed by atoms with E-state index in [-0.39, 0.29) is 79.6 Å². The molecule has 14 heteroatoms. The molecule has 5 aliphatic heterocycles. The van der Waals surface area contributed by atoms with Crippen LogP contribution in [-0.2, 0) is 19.1 Å². The Hall–Kier alpha value is -5.89. The highest BCUT2D eigenvalue weighted by Crippen LogP contribution is 2.52. The van der Waals surface area contributed by atoms with Crippen molar-refractivity contribution in [2.75, 3.05) is 31.6 Å². The van der Waals surface area contributed by atoms with Gasteiger partial charge in [0.05, 0.1) is 17.2 Å². The molecule has 8 rings (SSSR count). The number of phenolic OH excluding ortho intramolecular Hbond substituents is 1. The number of esters is 1. The van der Waals surface area contributed by atoms with Crippen LogP contribution in [-0.4, -0.2) is 76.9 Å². The number of carbonyl (C=O) groups is 3. The number of ketones is 1. The van der Waals surface area contributed by atoms with Gasteiger partial charge in [0, 0.05) is 55.0 Å². The van der Waals surface area contributed by atoms with Crippen LogP contribution in [0.2, 0.25) is 0 Å². The molecule has 5 heterocycles. The summed E-state index contributed by atoms with van der Waals surface area (Å²) in [7, 11) is 0. The van der Waals surface area contributed by atoms with E-state index in [2.05, 4.69) is 24.1 Å². The Morgan fingerprint density at radius 2 is 1.84 bits per heavy atom. The number of anilines is 1. The third-order valence-corrected chi connectivity index (χ3v) is 12.2. The van der Waals surface area contributed by atoms with Gasteiger partial charge in [0.15, 0.2) is 11.3 Å². The molecule has 61 heavy (non-hydrogen) atoms. The Morgan fingerprint density at radius 1 is 1.07 bits per heavy atom. The number of aromatic hydroxyl groups is 1. The van der Waals surface area contributed by atoms with Gasteiger partial charge in [-0.1, -0.05) is 39.0 Å². The van der Waals surface area contributed by atoms with E-state index in [1.54, 1.807) is 32.1 Å². The van der Waals surface area contributed by atoms with E-state index in [0.717, 1.165) is 32.4 Å². The van der Waals surface area contributed by atoms with Crippen molar-refractivity contribution in [1.29, 1.82) is 0 Å². The van der Waals surface area contributed by atoms with Crippen molar-refractivity contribution in [3.8, 4) is 34.5 Å². The molecular weight excluding hydrogens is 783 g/mol. The minimum atomic E-state index is -1.87. The smallest absolute Gasteiger partial charge is 0.312 e. The fraction of sp³-hybridized carbons (Fsp3) is 0.468. The summed E-state index contributed by atoms with van der Waals surface area (Å²) in [5, 5.41) is 14.2. The maximum atomic E-state index is 15.4. The number of benzene rings is 3. The minimum absolute atomic E-state index is 0.00421. The van der Waals surface area contributed by atoms with Crippen LogP contribution in [0.15, 0.2) is 57.5 Å². The lowest BCUT2D eigenvalue weighted by molar-refractivity contribution is -0.155. The summed E-state index contributed by atoms with van der Waals surface area (Å²) in [5.41, 5.74) is -0.281. The van der Waals surface area contributed by atoms with Crippen LogP contribution in [0.1, 0.15) is 89.6 Å². The number of allylic oxidation sites excluding steroid dienone is 4. The molecule has 1 aliphatic carbocycles. The first-order valence-electron chi connectivity index (χ1n) is 21.2. The Morgan fingerprint density at radius 3 is 2.59 bits per heavy atom. The topological polar surface area (TPSA) is 176 Å². The number of ether oxygens (including phenoxy) is 5. The van der Waals surface area contributed by atoms with Crippen molar-refractivity contribution in [3.05, 3.63) is 69.6 Å². The third-order valence-electron chi connectivity index (χ3n) is 12.2. The number of Topliss-reactive ketones (excluding diaryl/α,β-unsaturated/α-hetero) is 1. The molecule has 0 saturated carbocycles. The molecule has 322 valence electrons. The van der Waals surface area contributed by atoms with Crippen molar-refractivity contribution in [3.63, 3.8) is 0 Å². The number of aromatic nitrogens is 1. The maximum absolute atomic E-state index is 15.4. The Labute approximate surface area is 353 Å². The first kappa shape index (κ1) is 41.8. The van der Waals surface area contributed by atoms with Gasteiger partial charge in [0.25, 0.3) is 11.7 Å². The molecule has 1 fully saturated rings. The lowest BCUT2D eigenvalue weighted by Gasteiger charge is -2.34. The monoisotopic (exact) mass is 835 g/mol. The van der Waals surface area contributed by atoms with Gasteiger partial charge in [-0.05, 0) is 77.0 Å². The average molecular weight is 836 g/mol. The number of likely N-dealkylation sites (tertiary alicyclic amines) is 1. The summed E-state index contributed by atoms with van der Waals surface area (Å²) in [6.45, 7) is 15.3. The van der Waals surface area contributed by atoms with Crippen LogP contribution in [0.25, 0.3) is 33.3 Å². The number of nitrogens with one attached hydrogen (secondary N) is 1. The second-order valence-electron chi connectivity index (χ2n) is 17.2. The fourth-order valence-electron chi connectivity index (χ4n) is 9.08. The number of amides is 1. The highest BCUT2D eigenvalue weighted by Gasteiger charge is 2.50. The van der Waals surface area contributed by atoms with E-state index in [0.29, 0.717) is 42.9 Å². The molecule has 2 aromatic carbocycles. The molecule has 0 radical (unpaired) electrons. The van der Waals surface area contributed by atoms with Gasteiger partial charge in [0.2, 0.25) is 5.43 Å². The third kappa shape index (κ3) is 7.93. The fourth-order valence-corrected chi connectivity index (χ4v) is 9.08. The zero-order chi connectivity index (χ0) is 43.3. The summed E-state index contributed by atoms with van der Waals surface area (Å²) in [6.07, 6.45) is 10.9. The number of hydrogen-bond acceptors (Lipinski definition) is 13. The van der Waals surface area contributed by atoms with Crippen molar-refractivity contribution < 1.29 is 47.6 Å². The first-order valence-corrected chi connectivity index (χ1v) is 21.2. The molecule has 3 unspecified atom stereocenters. The van der Waals surface area contributed by atoms with Gasteiger partial charge in [-0.2, -0.15) is 0 Å². The lowest BCUT2D eigenvalue weighted by Crippen LogP contribution is -2.41. The lowest BCUT2D eigenvalue weighted by atomic mass is 9.86. The summed E-state index contributed by atoms with van der Waals surface area (Å²) in [4.78, 5) is 64.1. The van der Waals surface area contributed by atoms with E-state index in [9.17, 15) is 19.5 Å². The van der Waals surface area contributed by atoms with Crippen LogP contribution in [0, 0.1) is 24.7 Å². The SMILES string of the molecule is CC(=O)OC1C2C[C@H](C)CC(C)/C=C/C=C(/C)C(=O)Nc3c4oc5cc(OCCN6CCCC6)cc(O)c5nc-4c4c5c(c(C)c(c4c3=O)O2)O[C@](C)(O/C=C/C[C@H]1C)C5=O. The Bertz CT molecular complexity index is 2550. The van der Waals surface area contributed by atoms with Gasteiger partial charge < -0.3 is 38.5 Å². The number of nitrogens with zero attached hydrogens (tertiary/aromatic N) is 2. The van der Waals surface area contributed by atoms with Gasteiger partial charge in [-0.25, -0.2) is 4.98 Å². The first-order chi connectivity index (χ1) is 29.1. The largest absolute Gasteiger partial charge is 0.505 e. The van der Waals surface area contributed by atoms with Gasteiger partial charge in [-0.15, -0.1) is 0 Å². The molecule has 6 bridgehead atoms. The van der Waals surface area contributed by atoms with E-state index in [1.165, 1.54) is 26.2 Å². The standard InChI is InChI=1S/C47H53N3O11/c1-24-12-10-13-27(4)46(55)49-39-40(53)35-34(38-44(39)59-32-23-30(22-31(52)37(32)48-38)56-19-17-50-15-8-9-16-50)36-43-28(5)42(35)60-33(21-25(2)20-24)41(58-29(6)51)26(3)14-11-18-57-47(7,61-43)45(36)54/h10-13,18,22-26,33,41,52H,8-9,14-17,19-21H2,1-7H3,(H,49,55)/b12-10+,18-11+,27-13-/t24?,25-,26-,33?,41?,47+/m1/s1. The van der Waals surface area contributed by atoms with Crippen LogP contribution >= 0.6 is 0 Å². The van der Waals surface area contributed by atoms with E-state index >= 15 is 4.79 Å².